The Morgan fingerprint density at radius 1 is 1.07 bits per heavy atom. The van der Waals surface area contributed by atoms with Crippen molar-refractivity contribution in [1.82, 2.24) is 24.2 Å². The Morgan fingerprint density at radius 2 is 1.84 bits per heavy atom. The third-order valence-electron chi connectivity index (χ3n) is 8.81. The van der Waals surface area contributed by atoms with Gasteiger partial charge in [-0.25, -0.2) is 13.5 Å². The van der Waals surface area contributed by atoms with Crippen molar-refractivity contribution >= 4 is 27.6 Å². The van der Waals surface area contributed by atoms with E-state index in [4.69, 9.17) is 11.2 Å². The molecule has 0 radical (unpaired) electrons. The van der Waals surface area contributed by atoms with E-state index in [-0.39, 0.29) is 23.0 Å². The summed E-state index contributed by atoms with van der Waals surface area (Å²) in [4.78, 5) is 27.3. The van der Waals surface area contributed by atoms with Crippen LogP contribution in [0.3, 0.4) is 0 Å². The molecule has 3 aliphatic heterocycles. The molecule has 5 heterocycles. The molecule has 11 heteroatoms. The average Bonchev–Trinajstić information content (AvgIpc) is 3.55. The Bertz CT molecular complexity index is 1760. The first-order valence-corrected chi connectivity index (χ1v) is 14.9. The van der Waals surface area contributed by atoms with Crippen LogP contribution in [0.2, 0.25) is 0 Å². The number of anilines is 1. The summed E-state index contributed by atoms with van der Waals surface area (Å²) in [5.41, 5.74) is 0.250. The van der Waals surface area contributed by atoms with Gasteiger partial charge in [-0.3, -0.25) is 14.4 Å². The molecule has 0 spiro atoms. The third-order valence-corrected chi connectivity index (χ3v) is 8.81. The molecule has 3 aliphatic rings. The zero-order chi connectivity index (χ0) is 30.2. The van der Waals surface area contributed by atoms with E-state index < -0.39 is 17.5 Å². The highest BCUT2D eigenvalue weighted by Gasteiger charge is 2.34. The molecule has 0 amide bonds. The van der Waals surface area contributed by atoms with E-state index in [2.05, 4.69) is 25.7 Å². The Hall–Kier alpha value is -4.17. The van der Waals surface area contributed by atoms with Gasteiger partial charge in [-0.1, -0.05) is 24.8 Å². The lowest BCUT2D eigenvalue weighted by molar-refractivity contribution is 0.292. The molecule has 2 aromatic heterocycles. The second-order valence-corrected chi connectivity index (χ2v) is 11.5. The number of aromatic hydroxyl groups is 1. The van der Waals surface area contributed by atoms with Crippen molar-refractivity contribution in [3.05, 3.63) is 46.0 Å². The molecule has 2 atom stereocenters. The topological polar surface area (TPSA) is 88.6 Å². The van der Waals surface area contributed by atoms with Gasteiger partial charge in [-0.2, -0.15) is 9.97 Å². The highest BCUT2D eigenvalue weighted by Crippen LogP contribution is 2.33. The summed E-state index contributed by atoms with van der Waals surface area (Å²) in [5, 5.41) is 11.6. The van der Waals surface area contributed by atoms with E-state index in [0.29, 0.717) is 40.2 Å². The minimum atomic E-state index is -0.583. The predicted octanol–water partition coefficient (Wildman–Crippen LogP) is 4.68. The van der Waals surface area contributed by atoms with E-state index in [1.807, 2.05) is 0 Å². The van der Waals surface area contributed by atoms with Gasteiger partial charge in [0.15, 0.2) is 11.5 Å². The smallest absolute Gasteiger partial charge is 0.320 e. The first-order chi connectivity index (χ1) is 20.8. The number of rotatable bonds is 3. The molecule has 1 N–H and O–H groups in total. The summed E-state index contributed by atoms with van der Waals surface area (Å²) in [5.74, 6) is 2.24. The maximum atomic E-state index is 14.6. The molecular formula is C32H36F2N6O3. The summed E-state index contributed by atoms with van der Waals surface area (Å²) < 4.78 is 35.5. The number of halogens is 2. The molecule has 43 heavy (non-hydrogen) atoms. The molecule has 3 fully saturated rings. The van der Waals surface area contributed by atoms with Crippen molar-refractivity contribution in [2.45, 2.75) is 57.2 Å². The van der Waals surface area contributed by atoms with Crippen LogP contribution in [0.1, 0.15) is 50.5 Å². The standard InChI is InChI=1S/C25H24FN5O3.C7H12FN/c1-4-17-18(26)10-9-15-13-16(32)14-19(20(15)17)31-24(33)21-22(29(31)2)27-25(34-3)28-23(21)30-11-7-5-6-8-12-30;8-6-4-7-2-1-3-9(7)5-6/h1,9-10,13-14,32H,5-8,11-12H2,2-3H3;6-7H,1-5H2. The summed E-state index contributed by atoms with van der Waals surface area (Å²) >= 11 is 0. The molecule has 0 saturated carbocycles. The van der Waals surface area contributed by atoms with E-state index in [9.17, 15) is 18.7 Å². The summed E-state index contributed by atoms with van der Waals surface area (Å²) in [6, 6.07) is 6.42. The fourth-order valence-electron chi connectivity index (χ4n) is 6.79. The van der Waals surface area contributed by atoms with Crippen molar-refractivity contribution < 1.29 is 18.6 Å². The van der Waals surface area contributed by atoms with E-state index in [0.717, 1.165) is 51.7 Å². The van der Waals surface area contributed by atoms with Gasteiger partial charge in [0, 0.05) is 44.2 Å². The van der Waals surface area contributed by atoms with Crippen LogP contribution in [0.15, 0.2) is 29.1 Å². The van der Waals surface area contributed by atoms with Gasteiger partial charge in [0.25, 0.3) is 5.56 Å². The van der Waals surface area contributed by atoms with Crippen LogP contribution >= 0.6 is 0 Å². The van der Waals surface area contributed by atoms with Gasteiger partial charge < -0.3 is 14.7 Å². The average molecular weight is 591 g/mol. The fourth-order valence-corrected chi connectivity index (χ4v) is 6.79. The monoisotopic (exact) mass is 590 g/mol. The maximum Gasteiger partial charge on any atom is 0.320 e. The van der Waals surface area contributed by atoms with Crippen LogP contribution in [0.5, 0.6) is 11.8 Å². The highest BCUT2D eigenvalue weighted by molar-refractivity contribution is 5.97. The number of ether oxygens (including phenoxy) is 1. The predicted molar refractivity (Wildman–Crippen MR) is 163 cm³/mol. The summed E-state index contributed by atoms with van der Waals surface area (Å²) in [6.07, 6.45) is 12.7. The zero-order valence-corrected chi connectivity index (χ0v) is 24.5. The first-order valence-electron chi connectivity index (χ1n) is 14.9. The molecule has 4 aromatic rings. The fraction of sp³-hybridized carbons (Fsp3) is 0.469. The van der Waals surface area contributed by atoms with Crippen LogP contribution in [0.4, 0.5) is 14.6 Å². The minimum Gasteiger partial charge on any atom is -0.508 e. The normalized spacial score (nSPS) is 20.5. The number of aryl methyl sites for hydroxylation is 1. The molecular weight excluding hydrogens is 554 g/mol. The lowest BCUT2D eigenvalue weighted by Crippen LogP contribution is -2.27. The van der Waals surface area contributed by atoms with Crippen molar-refractivity contribution in [3.8, 4) is 29.8 Å². The second-order valence-electron chi connectivity index (χ2n) is 11.5. The highest BCUT2D eigenvalue weighted by atomic mass is 19.1. The molecule has 9 nitrogen and oxygen atoms in total. The number of fused-ring (bicyclic) bond motifs is 3. The second kappa shape index (κ2) is 11.8. The van der Waals surface area contributed by atoms with Crippen LogP contribution in [-0.2, 0) is 7.05 Å². The van der Waals surface area contributed by atoms with Gasteiger partial charge in [0.05, 0.1) is 18.4 Å². The number of hydrogen-bond donors (Lipinski definition) is 1. The lowest BCUT2D eigenvalue weighted by Gasteiger charge is -2.21. The van der Waals surface area contributed by atoms with E-state index >= 15 is 0 Å². The van der Waals surface area contributed by atoms with Crippen molar-refractivity contribution in [3.63, 3.8) is 0 Å². The molecule has 0 aliphatic carbocycles. The van der Waals surface area contributed by atoms with Crippen molar-refractivity contribution in [1.29, 1.82) is 0 Å². The molecule has 3 saturated heterocycles. The summed E-state index contributed by atoms with van der Waals surface area (Å²) in [7, 11) is 3.15. The molecule has 226 valence electrons. The Kier molecular flexibility index (Phi) is 7.97. The van der Waals surface area contributed by atoms with Gasteiger partial charge >= 0.3 is 6.01 Å². The number of terminal acetylenes is 1. The quantitative estimate of drug-likeness (QED) is 0.347. The SMILES string of the molecule is C#Cc1c(F)ccc2cc(O)cc(-n3c(=O)c4c(N5CCCCCC5)nc(OC)nc4n3C)c12.FC1CC2CCCN2C1. The van der Waals surface area contributed by atoms with Crippen molar-refractivity contribution in [2.24, 2.45) is 7.05 Å². The van der Waals surface area contributed by atoms with Crippen LogP contribution in [-0.4, -0.2) is 74.8 Å². The van der Waals surface area contributed by atoms with Gasteiger partial charge in [0.1, 0.15) is 23.1 Å². The van der Waals surface area contributed by atoms with E-state index in [1.54, 1.807) is 11.7 Å². The number of phenolic OH excluding ortho intramolecular Hbond substituents is 1. The van der Waals surface area contributed by atoms with Gasteiger partial charge in [-0.15, -0.1) is 6.42 Å². The number of methoxy groups -OCH3 is 1. The Balaban J connectivity index is 0.000000310. The number of phenols is 1. The third kappa shape index (κ3) is 5.29. The molecule has 7 rings (SSSR count). The summed E-state index contributed by atoms with van der Waals surface area (Å²) in [6.45, 7) is 3.39. The zero-order valence-electron chi connectivity index (χ0n) is 24.5. The maximum absolute atomic E-state index is 14.6. The van der Waals surface area contributed by atoms with Crippen LogP contribution in [0.25, 0.3) is 27.5 Å². The molecule has 2 unspecified atom stereocenters. The largest absolute Gasteiger partial charge is 0.508 e. The number of hydrogen-bond acceptors (Lipinski definition) is 7. The first kappa shape index (κ1) is 28.9. The van der Waals surface area contributed by atoms with Gasteiger partial charge in [0.2, 0.25) is 0 Å². The number of aromatic nitrogens is 4. The number of nitrogens with zero attached hydrogens (tertiary/aromatic N) is 6. The minimum absolute atomic E-state index is 0.0149. The Labute approximate surface area is 248 Å². The van der Waals surface area contributed by atoms with Crippen LogP contribution < -0.4 is 15.2 Å². The molecule has 2 aromatic carbocycles. The Morgan fingerprint density at radius 3 is 2.53 bits per heavy atom. The lowest BCUT2D eigenvalue weighted by atomic mass is 10.0. The van der Waals surface area contributed by atoms with Gasteiger partial charge in [-0.05, 0) is 56.2 Å². The number of benzene rings is 2. The van der Waals surface area contributed by atoms with Crippen LogP contribution in [0, 0.1) is 18.2 Å². The number of alkyl halides is 1. The van der Waals surface area contributed by atoms with Crippen molar-refractivity contribution in [2.75, 3.05) is 38.2 Å². The van der Waals surface area contributed by atoms with E-state index in [1.165, 1.54) is 48.9 Å². The molecule has 0 bridgehead atoms.